The first-order valence-corrected chi connectivity index (χ1v) is 3.44. The van der Waals surface area contributed by atoms with Gasteiger partial charge in [0.15, 0.2) is 0 Å². The molecule has 0 rings (SSSR count). The molecular formula is C8H10ClF. The first-order chi connectivity index (χ1) is 4.72. The minimum Gasteiger partial charge on any atom is -0.206 e. The highest BCUT2D eigenvalue weighted by molar-refractivity contribution is 6.31. The fourth-order valence-electron chi connectivity index (χ4n) is 0.460. The topological polar surface area (TPSA) is 0 Å². The summed E-state index contributed by atoms with van der Waals surface area (Å²) in [6, 6.07) is 0. The summed E-state index contributed by atoms with van der Waals surface area (Å²) in [7, 11) is 0. The zero-order valence-corrected chi connectivity index (χ0v) is 6.66. The molecule has 56 valence electrons. The quantitative estimate of drug-likeness (QED) is 0.554. The monoisotopic (exact) mass is 160 g/mol. The molecule has 10 heavy (non-hydrogen) atoms. The van der Waals surface area contributed by atoms with Crippen molar-refractivity contribution >= 4 is 11.6 Å². The van der Waals surface area contributed by atoms with Gasteiger partial charge in [0.05, 0.1) is 5.03 Å². The molecule has 0 fully saturated rings. The maximum atomic E-state index is 12.6. The second kappa shape index (κ2) is 5.24. The molecule has 2 heteroatoms. The first-order valence-electron chi connectivity index (χ1n) is 3.06. The van der Waals surface area contributed by atoms with E-state index in [1.54, 1.807) is 0 Å². The molecule has 0 aliphatic carbocycles. The third-order valence-electron chi connectivity index (χ3n) is 0.876. The lowest BCUT2D eigenvalue weighted by Crippen LogP contribution is -1.71. The van der Waals surface area contributed by atoms with Crippen LogP contribution in [0.1, 0.15) is 13.3 Å². The standard InChI is InChI=1S/C8H10ClF/c1-3-5-7(9)8(10)6-4-2/h3,5-6H,1,4H2,2H3/b7-5+,8-6+. The highest BCUT2D eigenvalue weighted by Gasteiger charge is 1.95. The van der Waals surface area contributed by atoms with Crippen LogP contribution in [-0.4, -0.2) is 0 Å². The smallest absolute Gasteiger partial charge is 0.137 e. The van der Waals surface area contributed by atoms with E-state index in [1.807, 2.05) is 6.92 Å². The van der Waals surface area contributed by atoms with Gasteiger partial charge < -0.3 is 0 Å². The molecule has 0 aromatic rings. The van der Waals surface area contributed by atoms with Crippen molar-refractivity contribution in [1.82, 2.24) is 0 Å². The van der Waals surface area contributed by atoms with Crippen molar-refractivity contribution < 1.29 is 4.39 Å². The van der Waals surface area contributed by atoms with Gasteiger partial charge in [0.1, 0.15) is 5.83 Å². The molecule has 0 saturated carbocycles. The van der Waals surface area contributed by atoms with E-state index in [-0.39, 0.29) is 10.9 Å². The third kappa shape index (κ3) is 3.46. The lowest BCUT2D eigenvalue weighted by Gasteiger charge is -1.90. The van der Waals surface area contributed by atoms with Gasteiger partial charge in [-0.1, -0.05) is 31.2 Å². The Hall–Kier alpha value is -0.560. The molecule has 0 unspecified atom stereocenters. The van der Waals surface area contributed by atoms with Gasteiger partial charge in [0.2, 0.25) is 0 Å². The van der Waals surface area contributed by atoms with Crippen LogP contribution < -0.4 is 0 Å². The van der Waals surface area contributed by atoms with Crippen molar-refractivity contribution in [2.45, 2.75) is 13.3 Å². The highest BCUT2D eigenvalue weighted by Crippen LogP contribution is 2.16. The molecule has 0 spiro atoms. The Morgan fingerprint density at radius 1 is 1.70 bits per heavy atom. The molecule has 0 heterocycles. The summed E-state index contributed by atoms with van der Waals surface area (Å²) in [4.78, 5) is 0. The first kappa shape index (κ1) is 9.44. The molecule has 0 radical (unpaired) electrons. The lowest BCUT2D eigenvalue weighted by atomic mass is 10.3. The molecular weight excluding hydrogens is 151 g/mol. The highest BCUT2D eigenvalue weighted by atomic mass is 35.5. The Morgan fingerprint density at radius 3 is 2.70 bits per heavy atom. The second-order valence-electron chi connectivity index (χ2n) is 1.71. The van der Waals surface area contributed by atoms with Crippen LogP contribution in [0.2, 0.25) is 0 Å². The van der Waals surface area contributed by atoms with E-state index in [2.05, 4.69) is 6.58 Å². The van der Waals surface area contributed by atoms with Crippen LogP contribution in [-0.2, 0) is 0 Å². The predicted octanol–water partition coefficient (Wildman–Crippen LogP) is 3.56. The summed E-state index contributed by atoms with van der Waals surface area (Å²) in [6.45, 7) is 5.23. The van der Waals surface area contributed by atoms with Gasteiger partial charge in [-0.05, 0) is 18.6 Å². The van der Waals surface area contributed by atoms with Gasteiger partial charge in [-0.25, -0.2) is 4.39 Å². The van der Waals surface area contributed by atoms with E-state index in [9.17, 15) is 4.39 Å². The van der Waals surface area contributed by atoms with Crippen LogP contribution >= 0.6 is 11.6 Å². The van der Waals surface area contributed by atoms with Crippen molar-refractivity contribution in [3.05, 3.63) is 35.7 Å². The summed E-state index contributed by atoms with van der Waals surface area (Å²) in [5, 5.41) is 0.108. The molecule has 0 aromatic carbocycles. The fraction of sp³-hybridized carbons (Fsp3) is 0.250. The van der Waals surface area contributed by atoms with Gasteiger partial charge >= 0.3 is 0 Å². The maximum absolute atomic E-state index is 12.6. The maximum Gasteiger partial charge on any atom is 0.137 e. The minimum absolute atomic E-state index is 0.108. The zero-order chi connectivity index (χ0) is 7.98. The lowest BCUT2D eigenvalue weighted by molar-refractivity contribution is 0.656. The Balaban J connectivity index is 4.19. The van der Waals surface area contributed by atoms with Crippen molar-refractivity contribution in [3.63, 3.8) is 0 Å². The van der Waals surface area contributed by atoms with Crippen LogP contribution in [0.3, 0.4) is 0 Å². The van der Waals surface area contributed by atoms with E-state index in [1.165, 1.54) is 18.2 Å². The normalized spacial score (nSPS) is 13.5. The molecule has 0 atom stereocenters. The summed E-state index contributed by atoms with van der Waals surface area (Å²) < 4.78 is 12.6. The summed E-state index contributed by atoms with van der Waals surface area (Å²) in [6.07, 6.45) is 4.93. The van der Waals surface area contributed by atoms with Crippen LogP contribution in [0.5, 0.6) is 0 Å². The average molecular weight is 161 g/mol. The second-order valence-corrected chi connectivity index (χ2v) is 2.12. The van der Waals surface area contributed by atoms with Crippen LogP contribution in [0, 0.1) is 0 Å². The van der Waals surface area contributed by atoms with Crippen molar-refractivity contribution in [1.29, 1.82) is 0 Å². The van der Waals surface area contributed by atoms with E-state index in [4.69, 9.17) is 11.6 Å². The molecule has 0 aliphatic heterocycles. The Kier molecular flexibility index (Phi) is 4.95. The molecule has 0 aliphatic rings. The van der Waals surface area contributed by atoms with E-state index < -0.39 is 0 Å². The average Bonchev–Trinajstić information content (AvgIpc) is 1.89. The van der Waals surface area contributed by atoms with Crippen molar-refractivity contribution in [2.75, 3.05) is 0 Å². The number of hydrogen-bond acceptors (Lipinski definition) is 0. The van der Waals surface area contributed by atoms with Gasteiger partial charge in [-0.15, -0.1) is 0 Å². The Labute approximate surface area is 65.7 Å². The molecule has 0 saturated heterocycles. The minimum atomic E-state index is -0.385. The fourth-order valence-corrected chi connectivity index (χ4v) is 0.626. The summed E-state index contributed by atoms with van der Waals surface area (Å²) in [5.74, 6) is -0.385. The van der Waals surface area contributed by atoms with Crippen LogP contribution in [0.4, 0.5) is 4.39 Å². The number of halogens is 2. The SMILES string of the molecule is C=C/C=C(Cl)\C(F)=C/CC. The van der Waals surface area contributed by atoms with E-state index in [0.717, 1.165) is 0 Å². The van der Waals surface area contributed by atoms with Crippen LogP contribution in [0.15, 0.2) is 35.7 Å². The summed E-state index contributed by atoms with van der Waals surface area (Å²) in [5.41, 5.74) is 0. The molecule has 0 amide bonds. The Bertz CT molecular complexity index is 168. The molecule has 0 N–H and O–H groups in total. The van der Waals surface area contributed by atoms with E-state index >= 15 is 0 Å². The zero-order valence-electron chi connectivity index (χ0n) is 5.90. The van der Waals surface area contributed by atoms with Crippen molar-refractivity contribution in [2.24, 2.45) is 0 Å². The van der Waals surface area contributed by atoms with Crippen LogP contribution in [0.25, 0.3) is 0 Å². The predicted molar refractivity (Wildman–Crippen MR) is 43.6 cm³/mol. The molecule has 0 aromatic heterocycles. The van der Waals surface area contributed by atoms with Gasteiger partial charge in [0.25, 0.3) is 0 Å². The number of rotatable bonds is 3. The molecule has 0 nitrogen and oxygen atoms in total. The summed E-state index contributed by atoms with van der Waals surface area (Å²) >= 11 is 5.46. The molecule has 0 bridgehead atoms. The largest absolute Gasteiger partial charge is 0.206 e. The number of allylic oxidation sites excluding steroid dienone is 5. The van der Waals surface area contributed by atoms with Crippen molar-refractivity contribution in [3.8, 4) is 0 Å². The van der Waals surface area contributed by atoms with Gasteiger partial charge in [-0.2, -0.15) is 0 Å². The van der Waals surface area contributed by atoms with Gasteiger partial charge in [0, 0.05) is 0 Å². The van der Waals surface area contributed by atoms with E-state index in [0.29, 0.717) is 6.42 Å². The third-order valence-corrected chi connectivity index (χ3v) is 1.18. The van der Waals surface area contributed by atoms with Gasteiger partial charge in [-0.3, -0.25) is 0 Å². The number of hydrogen-bond donors (Lipinski definition) is 0. The Morgan fingerprint density at radius 2 is 2.30 bits per heavy atom.